The van der Waals surface area contributed by atoms with Gasteiger partial charge in [0.1, 0.15) is 0 Å². The highest BCUT2D eigenvalue weighted by molar-refractivity contribution is 14.3. The molecule has 0 N–H and O–H groups in total. The second kappa shape index (κ2) is 5.31. The van der Waals surface area contributed by atoms with Crippen molar-refractivity contribution in [3.05, 3.63) is 12.3 Å². The van der Waals surface area contributed by atoms with Crippen molar-refractivity contribution in [3.8, 4) is 0 Å². The molecule has 1 rings (SSSR count). The minimum Gasteiger partial charge on any atom is -0.394 e. The van der Waals surface area contributed by atoms with Crippen molar-refractivity contribution in [2.45, 2.75) is 38.2 Å². The normalized spacial score (nSPS) is 20.8. The standard InChI is InChI=1S/C8H14I2OSi/c1-2-12(9,10)11-8-6-4-3-5-7-8/h2,8H,1,3-7H2. The summed E-state index contributed by atoms with van der Waals surface area (Å²) in [6.07, 6.45) is 7.13. The van der Waals surface area contributed by atoms with Crippen LogP contribution in [-0.2, 0) is 4.43 Å². The summed E-state index contributed by atoms with van der Waals surface area (Å²) in [6, 6.07) is 0. The van der Waals surface area contributed by atoms with Gasteiger partial charge in [-0.1, -0.05) is 68.6 Å². The lowest BCUT2D eigenvalue weighted by molar-refractivity contribution is 0.162. The summed E-state index contributed by atoms with van der Waals surface area (Å²) in [5, 5.41) is 0. The molecule has 0 amide bonds. The first kappa shape index (κ1) is 11.5. The van der Waals surface area contributed by atoms with Crippen molar-refractivity contribution >= 4 is 46.9 Å². The van der Waals surface area contributed by atoms with Crippen molar-refractivity contribution in [1.29, 1.82) is 0 Å². The van der Waals surface area contributed by atoms with Gasteiger partial charge in [-0.25, -0.2) is 0 Å². The molecular formula is C8H14I2OSi. The van der Waals surface area contributed by atoms with Crippen molar-refractivity contribution in [2.75, 3.05) is 0 Å². The molecule has 0 spiro atoms. The molecule has 0 unspecified atom stereocenters. The monoisotopic (exact) mass is 408 g/mol. The van der Waals surface area contributed by atoms with Gasteiger partial charge in [0.2, 0.25) is 0 Å². The second-order valence-electron chi connectivity index (χ2n) is 3.14. The second-order valence-corrected chi connectivity index (χ2v) is 20.7. The molecule has 1 saturated carbocycles. The lowest BCUT2D eigenvalue weighted by Crippen LogP contribution is -2.29. The van der Waals surface area contributed by atoms with E-state index in [1.54, 1.807) is 0 Å². The van der Waals surface area contributed by atoms with Crippen LogP contribution in [0.5, 0.6) is 0 Å². The summed E-state index contributed by atoms with van der Waals surface area (Å²) in [4.78, 5) is 0. The molecule has 0 heterocycles. The molecule has 70 valence electrons. The summed E-state index contributed by atoms with van der Waals surface area (Å²) in [6.45, 7) is 3.82. The van der Waals surface area contributed by atoms with E-state index in [1.807, 2.05) is 5.70 Å². The Hall–Kier alpha value is 1.38. The smallest absolute Gasteiger partial charge is 0.350 e. The number of halogens is 2. The average Bonchev–Trinajstić information content (AvgIpc) is 2.06. The molecule has 1 nitrogen and oxygen atoms in total. The van der Waals surface area contributed by atoms with Gasteiger partial charge >= 0.3 is 3.31 Å². The Bertz CT molecular complexity index is 155. The van der Waals surface area contributed by atoms with Crippen LogP contribution in [0.3, 0.4) is 0 Å². The Morgan fingerprint density at radius 2 is 1.83 bits per heavy atom. The minimum atomic E-state index is -1.56. The topological polar surface area (TPSA) is 9.23 Å². The van der Waals surface area contributed by atoms with Gasteiger partial charge < -0.3 is 4.43 Å². The fourth-order valence-corrected chi connectivity index (χ4v) is 4.39. The zero-order chi connectivity index (χ0) is 9.03. The fraction of sp³-hybridized carbons (Fsp3) is 0.750. The van der Waals surface area contributed by atoms with E-state index in [1.165, 1.54) is 32.1 Å². The van der Waals surface area contributed by atoms with Gasteiger partial charge in [-0.2, -0.15) is 0 Å². The number of hydrogen-bond acceptors (Lipinski definition) is 1. The van der Waals surface area contributed by atoms with E-state index in [2.05, 4.69) is 50.2 Å². The highest BCUT2D eigenvalue weighted by Crippen LogP contribution is 2.30. The minimum absolute atomic E-state index is 0.525. The van der Waals surface area contributed by atoms with Gasteiger partial charge in [-0.05, 0) is 12.8 Å². The van der Waals surface area contributed by atoms with Crippen LogP contribution in [0.25, 0.3) is 0 Å². The zero-order valence-electron chi connectivity index (χ0n) is 7.06. The highest BCUT2D eigenvalue weighted by atomic mass is 127. The van der Waals surface area contributed by atoms with Crippen molar-refractivity contribution in [3.63, 3.8) is 0 Å². The van der Waals surface area contributed by atoms with E-state index in [0.29, 0.717) is 6.10 Å². The molecule has 4 heteroatoms. The molecule has 0 aromatic rings. The van der Waals surface area contributed by atoms with Crippen molar-refractivity contribution < 1.29 is 4.43 Å². The predicted octanol–water partition coefficient (Wildman–Crippen LogP) is 3.87. The highest BCUT2D eigenvalue weighted by Gasteiger charge is 2.28. The van der Waals surface area contributed by atoms with E-state index < -0.39 is 3.31 Å². The third kappa shape index (κ3) is 4.06. The van der Waals surface area contributed by atoms with Gasteiger partial charge in [0, 0.05) is 6.10 Å². The first-order valence-electron chi connectivity index (χ1n) is 4.33. The summed E-state index contributed by atoms with van der Waals surface area (Å²) in [5.74, 6) is 0. The van der Waals surface area contributed by atoms with E-state index in [4.69, 9.17) is 4.43 Å². The van der Waals surface area contributed by atoms with Crippen LogP contribution in [0.15, 0.2) is 12.3 Å². The molecule has 0 radical (unpaired) electrons. The van der Waals surface area contributed by atoms with Gasteiger partial charge in [0.15, 0.2) is 0 Å². The Morgan fingerprint density at radius 3 is 2.33 bits per heavy atom. The summed E-state index contributed by atoms with van der Waals surface area (Å²) < 4.78 is 4.46. The molecule has 0 saturated heterocycles. The van der Waals surface area contributed by atoms with Gasteiger partial charge in [0.25, 0.3) is 0 Å². The maximum atomic E-state index is 6.02. The quantitative estimate of drug-likeness (QED) is 0.392. The van der Waals surface area contributed by atoms with E-state index in [-0.39, 0.29) is 0 Å². The van der Waals surface area contributed by atoms with Gasteiger partial charge in [-0.15, -0.1) is 6.58 Å². The molecule has 1 aliphatic carbocycles. The van der Waals surface area contributed by atoms with E-state index in [9.17, 15) is 0 Å². The molecule has 0 atom stereocenters. The van der Waals surface area contributed by atoms with Crippen LogP contribution in [0.4, 0.5) is 0 Å². The Kier molecular flexibility index (Phi) is 5.06. The first-order chi connectivity index (χ1) is 5.64. The molecular weight excluding hydrogens is 394 g/mol. The maximum Gasteiger partial charge on any atom is 0.350 e. The average molecular weight is 408 g/mol. The van der Waals surface area contributed by atoms with Crippen LogP contribution >= 0.6 is 43.6 Å². The number of hydrogen-bond donors (Lipinski definition) is 0. The Labute approximate surface area is 101 Å². The molecule has 0 aromatic carbocycles. The molecule has 1 fully saturated rings. The molecule has 0 aromatic heterocycles. The Morgan fingerprint density at radius 1 is 1.25 bits per heavy atom. The van der Waals surface area contributed by atoms with E-state index >= 15 is 0 Å². The summed E-state index contributed by atoms with van der Waals surface area (Å²) in [5.41, 5.74) is 2.00. The van der Waals surface area contributed by atoms with Gasteiger partial charge in [0.05, 0.1) is 0 Å². The van der Waals surface area contributed by atoms with Gasteiger partial charge in [-0.3, -0.25) is 0 Å². The first-order valence-corrected chi connectivity index (χ1v) is 12.5. The lowest BCUT2D eigenvalue weighted by Gasteiger charge is -2.27. The summed E-state index contributed by atoms with van der Waals surface area (Å²) in [7, 11) is 0. The third-order valence-corrected chi connectivity index (χ3v) is 7.40. The maximum absolute atomic E-state index is 6.02. The van der Waals surface area contributed by atoms with Crippen LogP contribution in [0, 0.1) is 0 Å². The zero-order valence-corrected chi connectivity index (χ0v) is 12.4. The fourth-order valence-electron chi connectivity index (χ4n) is 1.45. The third-order valence-electron chi connectivity index (χ3n) is 2.11. The predicted molar refractivity (Wildman–Crippen MR) is 71.9 cm³/mol. The summed E-state index contributed by atoms with van der Waals surface area (Å²) >= 11 is 4.85. The molecule has 1 aliphatic rings. The lowest BCUT2D eigenvalue weighted by atomic mass is 9.98. The molecule has 0 aliphatic heterocycles. The number of rotatable bonds is 3. The molecule has 0 bridgehead atoms. The SMILES string of the molecule is C=C[Si](I)(I)OC1CCCCC1. The Balaban J connectivity index is 2.33. The van der Waals surface area contributed by atoms with E-state index in [0.717, 1.165) is 0 Å². The van der Waals surface area contributed by atoms with Crippen molar-refractivity contribution in [2.24, 2.45) is 0 Å². The van der Waals surface area contributed by atoms with Crippen molar-refractivity contribution in [1.82, 2.24) is 0 Å². The molecule has 12 heavy (non-hydrogen) atoms. The van der Waals surface area contributed by atoms with Crippen LogP contribution in [-0.4, -0.2) is 9.41 Å². The largest absolute Gasteiger partial charge is 0.394 e. The van der Waals surface area contributed by atoms with Crippen LogP contribution < -0.4 is 0 Å². The van der Waals surface area contributed by atoms with Crippen LogP contribution in [0.2, 0.25) is 0 Å². The van der Waals surface area contributed by atoms with Crippen LogP contribution in [0.1, 0.15) is 32.1 Å².